The molecule has 5 heteroatoms. The zero-order chi connectivity index (χ0) is 17.2. The van der Waals surface area contributed by atoms with Crippen molar-refractivity contribution in [3.8, 4) is 0 Å². The first-order chi connectivity index (χ1) is 11.5. The molecule has 1 atom stereocenters. The summed E-state index contributed by atoms with van der Waals surface area (Å²) < 4.78 is 8.17. The maximum absolute atomic E-state index is 6.28. The number of hydrogen-bond acceptors (Lipinski definition) is 4. The molecule has 0 amide bonds. The molecule has 2 fully saturated rings. The molecule has 0 saturated carbocycles. The van der Waals surface area contributed by atoms with Crippen LogP contribution in [0.2, 0.25) is 0 Å². The molecule has 1 aromatic rings. The molecule has 0 N–H and O–H groups in total. The van der Waals surface area contributed by atoms with Gasteiger partial charge in [-0.3, -0.25) is 9.58 Å². The van der Waals surface area contributed by atoms with E-state index >= 15 is 0 Å². The summed E-state index contributed by atoms with van der Waals surface area (Å²) in [6, 6.07) is 0.597. The number of hydrogen-bond donors (Lipinski definition) is 0. The second-order valence-corrected chi connectivity index (χ2v) is 8.30. The molecule has 0 unspecified atom stereocenters. The molecule has 2 aliphatic rings. The van der Waals surface area contributed by atoms with E-state index < -0.39 is 0 Å². The van der Waals surface area contributed by atoms with E-state index in [1.54, 1.807) is 0 Å². The van der Waals surface area contributed by atoms with Gasteiger partial charge in [-0.2, -0.15) is 5.10 Å². The number of likely N-dealkylation sites (tertiary alicyclic amines) is 1. The van der Waals surface area contributed by atoms with Crippen LogP contribution in [0, 0.1) is 5.41 Å². The van der Waals surface area contributed by atoms with Gasteiger partial charge in [0.05, 0.1) is 18.9 Å². The fraction of sp³-hybridized carbons (Fsp3) is 0.842. The summed E-state index contributed by atoms with van der Waals surface area (Å²) in [5, 5.41) is 4.28. The lowest BCUT2D eigenvalue weighted by molar-refractivity contribution is -0.0946. The van der Waals surface area contributed by atoms with Crippen molar-refractivity contribution in [2.75, 3.05) is 33.3 Å². The fourth-order valence-electron chi connectivity index (χ4n) is 3.98. The van der Waals surface area contributed by atoms with E-state index in [4.69, 9.17) is 4.74 Å². The quantitative estimate of drug-likeness (QED) is 0.828. The summed E-state index contributed by atoms with van der Waals surface area (Å²) in [4.78, 5) is 4.97. The minimum absolute atomic E-state index is 0.427. The normalized spacial score (nSPS) is 25.0. The molecule has 136 valence electrons. The lowest BCUT2D eigenvalue weighted by Gasteiger charge is -2.46. The highest BCUT2D eigenvalue weighted by molar-refractivity contribution is 5.04. The smallest absolute Gasteiger partial charge is 0.0702 e. The molecule has 3 heterocycles. The SMILES string of the molecule is CC(C)N(C)C[C@@H]1CCC2(CCN(Cc3cnn(C)c3)CC2)CO1. The average Bonchev–Trinajstić information content (AvgIpc) is 2.97. The highest BCUT2D eigenvalue weighted by Crippen LogP contribution is 2.40. The molecule has 0 aliphatic carbocycles. The van der Waals surface area contributed by atoms with Crippen molar-refractivity contribution in [3.63, 3.8) is 0 Å². The van der Waals surface area contributed by atoms with Gasteiger partial charge >= 0.3 is 0 Å². The molecule has 1 aromatic heterocycles. The van der Waals surface area contributed by atoms with E-state index in [-0.39, 0.29) is 0 Å². The number of rotatable bonds is 5. The van der Waals surface area contributed by atoms with E-state index in [2.05, 4.69) is 42.0 Å². The molecule has 0 aromatic carbocycles. The Morgan fingerprint density at radius 2 is 2.08 bits per heavy atom. The number of aromatic nitrogens is 2. The van der Waals surface area contributed by atoms with E-state index in [0.29, 0.717) is 17.6 Å². The van der Waals surface area contributed by atoms with Gasteiger partial charge in [0.2, 0.25) is 0 Å². The minimum atomic E-state index is 0.427. The van der Waals surface area contributed by atoms with Crippen LogP contribution in [0.25, 0.3) is 0 Å². The van der Waals surface area contributed by atoms with Gasteiger partial charge in [0.25, 0.3) is 0 Å². The molecule has 5 nitrogen and oxygen atoms in total. The second kappa shape index (κ2) is 7.54. The van der Waals surface area contributed by atoms with Crippen molar-refractivity contribution in [2.24, 2.45) is 12.5 Å². The molecule has 3 rings (SSSR count). The van der Waals surface area contributed by atoms with E-state index in [9.17, 15) is 0 Å². The van der Waals surface area contributed by atoms with Crippen LogP contribution in [-0.4, -0.2) is 65.0 Å². The number of likely N-dealkylation sites (N-methyl/N-ethyl adjacent to an activating group) is 1. The summed E-state index contributed by atoms with van der Waals surface area (Å²) in [6.45, 7) is 9.95. The van der Waals surface area contributed by atoms with Crippen LogP contribution < -0.4 is 0 Å². The van der Waals surface area contributed by atoms with Gasteiger partial charge < -0.3 is 9.64 Å². The standard InChI is InChI=1S/C19H34N4O/c1-16(2)21(3)14-18-5-6-19(15-24-18)7-9-23(10-8-19)13-17-11-20-22(4)12-17/h11-12,16,18H,5-10,13-15H2,1-4H3/t18-/m0/s1. The van der Waals surface area contributed by atoms with Gasteiger partial charge in [-0.1, -0.05) is 0 Å². The Morgan fingerprint density at radius 3 is 2.62 bits per heavy atom. The predicted molar refractivity (Wildman–Crippen MR) is 96.9 cm³/mol. The van der Waals surface area contributed by atoms with Crippen LogP contribution in [0.4, 0.5) is 0 Å². The largest absolute Gasteiger partial charge is 0.376 e. The molecule has 24 heavy (non-hydrogen) atoms. The summed E-state index contributed by atoms with van der Waals surface area (Å²) in [5.74, 6) is 0. The zero-order valence-corrected chi connectivity index (χ0v) is 15.9. The summed E-state index contributed by atoms with van der Waals surface area (Å²) in [6.07, 6.45) is 9.66. The van der Waals surface area contributed by atoms with Crippen LogP contribution in [0.5, 0.6) is 0 Å². The van der Waals surface area contributed by atoms with Gasteiger partial charge in [-0.05, 0) is 65.1 Å². The molecule has 0 bridgehead atoms. The molecule has 2 saturated heterocycles. The monoisotopic (exact) mass is 334 g/mol. The van der Waals surface area contributed by atoms with Crippen LogP contribution in [0.1, 0.15) is 45.1 Å². The summed E-state index contributed by atoms with van der Waals surface area (Å²) in [7, 11) is 4.19. The van der Waals surface area contributed by atoms with Crippen molar-refractivity contribution in [3.05, 3.63) is 18.0 Å². The van der Waals surface area contributed by atoms with E-state index in [1.807, 2.05) is 17.9 Å². The Labute approximate surface area is 146 Å². The Balaban J connectivity index is 1.43. The third-order valence-corrected chi connectivity index (χ3v) is 6.08. The Bertz CT molecular complexity index is 509. The third kappa shape index (κ3) is 4.38. The van der Waals surface area contributed by atoms with Gasteiger partial charge in [0.1, 0.15) is 0 Å². The van der Waals surface area contributed by atoms with Gasteiger partial charge in [-0.15, -0.1) is 0 Å². The van der Waals surface area contributed by atoms with Crippen molar-refractivity contribution in [2.45, 2.75) is 58.2 Å². The van der Waals surface area contributed by atoms with Crippen molar-refractivity contribution < 1.29 is 4.74 Å². The lowest BCUT2D eigenvalue weighted by Crippen LogP contribution is -2.47. The molecule has 0 radical (unpaired) electrons. The topological polar surface area (TPSA) is 33.5 Å². The van der Waals surface area contributed by atoms with Crippen molar-refractivity contribution in [1.29, 1.82) is 0 Å². The number of piperidine rings is 1. The molecule has 2 aliphatic heterocycles. The highest BCUT2D eigenvalue weighted by Gasteiger charge is 2.39. The number of nitrogens with zero attached hydrogens (tertiary/aromatic N) is 4. The molecular formula is C19H34N4O. The second-order valence-electron chi connectivity index (χ2n) is 8.30. The molecular weight excluding hydrogens is 300 g/mol. The Morgan fingerprint density at radius 1 is 1.33 bits per heavy atom. The Hall–Kier alpha value is -0.910. The van der Waals surface area contributed by atoms with Crippen LogP contribution in [-0.2, 0) is 18.3 Å². The fourth-order valence-corrected chi connectivity index (χ4v) is 3.98. The highest BCUT2D eigenvalue weighted by atomic mass is 16.5. The summed E-state index contributed by atoms with van der Waals surface area (Å²) in [5.41, 5.74) is 1.77. The number of ether oxygens (including phenoxy) is 1. The Kier molecular flexibility index (Phi) is 5.63. The van der Waals surface area contributed by atoms with Crippen LogP contribution in [0.15, 0.2) is 12.4 Å². The molecule has 1 spiro atoms. The van der Waals surface area contributed by atoms with Gasteiger partial charge in [0.15, 0.2) is 0 Å². The van der Waals surface area contributed by atoms with Crippen LogP contribution >= 0.6 is 0 Å². The van der Waals surface area contributed by atoms with Gasteiger partial charge in [0, 0.05) is 37.9 Å². The predicted octanol–water partition coefficient (Wildman–Crippen LogP) is 2.52. The van der Waals surface area contributed by atoms with Crippen molar-refractivity contribution in [1.82, 2.24) is 19.6 Å². The maximum Gasteiger partial charge on any atom is 0.0702 e. The summed E-state index contributed by atoms with van der Waals surface area (Å²) >= 11 is 0. The first kappa shape index (κ1) is 17.9. The third-order valence-electron chi connectivity index (χ3n) is 6.08. The van der Waals surface area contributed by atoms with Crippen LogP contribution in [0.3, 0.4) is 0 Å². The zero-order valence-electron chi connectivity index (χ0n) is 15.9. The first-order valence-electron chi connectivity index (χ1n) is 9.47. The van der Waals surface area contributed by atoms with Crippen molar-refractivity contribution >= 4 is 0 Å². The average molecular weight is 335 g/mol. The number of aryl methyl sites for hydroxylation is 1. The van der Waals surface area contributed by atoms with Gasteiger partial charge in [-0.25, -0.2) is 0 Å². The lowest BCUT2D eigenvalue weighted by atomic mass is 9.73. The van der Waals surface area contributed by atoms with E-state index in [0.717, 1.165) is 19.7 Å². The maximum atomic E-state index is 6.28. The first-order valence-corrected chi connectivity index (χ1v) is 9.47. The van der Waals surface area contributed by atoms with E-state index in [1.165, 1.54) is 44.3 Å². The minimum Gasteiger partial charge on any atom is -0.376 e.